The molecule has 4 nitrogen and oxygen atoms in total. The summed E-state index contributed by atoms with van der Waals surface area (Å²) in [5, 5.41) is 0. The minimum atomic E-state index is 0. The van der Waals surface area contributed by atoms with Crippen LogP contribution in [-0.4, -0.2) is 54.5 Å². The van der Waals surface area contributed by atoms with Crippen molar-refractivity contribution in [2.75, 3.05) is 32.7 Å². The second-order valence-electron chi connectivity index (χ2n) is 6.75. The van der Waals surface area contributed by atoms with Gasteiger partial charge in [-0.05, 0) is 50.5 Å². The maximum absolute atomic E-state index is 6.14. The monoisotopic (exact) mass is 392 g/mol. The fraction of sp³-hybridized carbons (Fsp3) is 0.933. The largest absolute Gasteiger partial charge is 0.370 e. The molecule has 3 aliphatic rings. The van der Waals surface area contributed by atoms with E-state index in [9.17, 15) is 0 Å². The van der Waals surface area contributed by atoms with Crippen LogP contribution in [0.2, 0.25) is 0 Å². The summed E-state index contributed by atoms with van der Waals surface area (Å²) < 4.78 is 0. The van der Waals surface area contributed by atoms with Gasteiger partial charge < -0.3 is 15.5 Å². The van der Waals surface area contributed by atoms with E-state index < -0.39 is 0 Å². The van der Waals surface area contributed by atoms with Crippen LogP contribution >= 0.6 is 24.0 Å². The third-order valence-corrected chi connectivity index (χ3v) is 5.00. The minimum Gasteiger partial charge on any atom is -0.370 e. The first-order chi connectivity index (χ1) is 9.22. The number of nitrogens with zero attached hydrogens (tertiary/aromatic N) is 3. The molecule has 3 fully saturated rings. The zero-order chi connectivity index (χ0) is 13.2. The van der Waals surface area contributed by atoms with E-state index in [-0.39, 0.29) is 24.0 Å². The summed E-state index contributed by atoms with van der Waals surface area (Å²) in [6.07, 6.45) is 6.67. The first-order valence-electron chi connectivity index (χ1n) is 8.01. The van der Waals surface area contributed by atoms with E-state index in [0.717, 1.165) is 43.5 Å². The second kappa shape index (κ2) is 7.29. The summed E-state index contributed by atoms with van der Waals surface area (Å²) in [6, 6.07) is 0.912. The van der Waals surface area contributed by atoms with Crippen molar-refractivity contribution >= 4 is 29.9 Å². The summed E-state index contributed by atoms with van der Waals surface area (Å²) in [5.41, 5.74) is 6.14. The number of nitrogens with two attached hydrogens (primary N) is 1. The maximum atomic E-state index is 6.14. The van der Waals surface area contributed by atoms with Gasteiger partial charge in [0, 0.05) is 32.2 Å². The van der Waals surface area contributed by atoms with E-state index in [1.54, 1.807) is 0 Å². The quantitative estimate of drug-likeness (QED) is 0.455. The van der Waals surface area contributed by atoms with Crippen molar-refractivity contribution in [3.8, 4) is 0 Å². The molecule has 2 aliphatic heterocycles. The Morgan fingerprint density at radius 2 is 1.80 bits per heavy atom. The Hall–Kier alpha value is -0.0400. The number of rotatable bonds is 3. The summed E-state index contributed by atoms with van der Waals surface area (Å²) in [5.74, 6) is 2.38. The SMILES string of the molecule is CC1CCN(C(N)=NCC2CCN(C3CC3)C2)CC1.I. The van der Waals surface area contributed by atoms with Crippen LogP contribution in [-0.2, 0) is 0 Å². The molecule has 116 valence electrons. The predicted octanol–water partition coefficient (Wildman–Crippen LogP) is 2.14. The molecule has 0 aromatic carbocycles. The zero-order valence-electron chi connectivity index (χ0n) is 12.6. The molecule has 0 aromatic heterocycles. The topological polar surface area (TPSA) is 44.9 Å². The molecule has 5 heteroatoms. The van der Waals surface area contributed by atoms with Crippen molar-refractivity contribution in [3.63, 3.8) is 0 Å². The van der Waals surface area contributed by atoms with Crippen LogP contribution in [0.15, 0.2) is 4.99 Å². The van der Waals surface area contributed by atoms with Crippen LogP contribution in [0, 0.1) is 11.8 Å². The fourth-order valence-corrected chi connectivity index (χ4v) is 3.34. The number of guanidine groups is 1. The van der Waals surface area contributed by atoms with Crippen molar-refractivity contribution in [2.24, 2.45) is 22.6 Å². The van der Waals surface area contributed by atoms with Crippen molar-refractivity contribution < 1.29 is 0 Å². The molecular weight excluding hydrogens is 363 g/mol. The third kappa shape index (κ3) is 4.23. The van der Waals surface area contributed by atoms with Crippen molar-refractivity contribution in [1.29, 1.82) is 0 Å². The molecule has 0 amide bonds. The lowest BCUT2D eigenvalue weighted by atomic mass is 10.00. The van der Waals surface area contributed by atoms with Crippen LogP contribution in [0.4, 0.5) is 0 Å². The number of halogens is 1. The number of hydrogen-bond donors (Lipinski definition) is 1. The van der Waals surface area contributed by atoms with Gasteiger partial charge in [0.15, 0.2) is 5.96 Å². The summed E-state index contributed by atoms with van der Waals surface area (Å²) in [7, 11) is 0. The van der Waals surface area contributed by atoms with Gasteiger partial charge in [-0.3, -0.25) is 4.99 Å². The Bertz CT molecular complexity index is 335. The van der Waals surface area contributed by atoms with E-state index in [2.05, 4.69) is 21.7 Å². The smallest absolute Gasteiger partial charge is 0.191 e. The molecule has 0 bridgehead atoms. The standard InChI is InChI=1S/C15H28N4.HI/c1-12-4-7-18(8-5-12)15(16)17-10-13-6-9-19(11-13)14-2-3-14;/h12-14H,2-11H2,1H3,(H2,16,17);1H. The first-order valence-corrected chi connectivity index (χ1v) is 8.01. The van der Waals surface area contributed by atoms with Gasteiger partial charge in [0.05, 0.1) is 0 Å². The fourth-order valence-electron chi connectivity index (χ4n) is 3.34. The molecule has 2 saturated heterocycles. The Labute approximate surface area is 140 Å². The average Bonchev–Trinajstić information content (AvgIpc) is 3.16. The molecule has 0 aromatic rings. The number of hydrogen-bond acceptors (Lipinski definition) is 2. The number of likely N-dealkylation sites (tertiary alicyclic amines) is 2. The molecule has 0 spiro atoms. The van der Waals surface area contributed by atoms with Crippen LogP contribution in [0.25, 0.3) is 0 Å². The van der Waals surface area contributed by atoms with Crippen LogP contribution in [0.3, 0.4) is 0 Å². The Balaban J connectivity index is 0.00000147. The van der Waals surface area contributed by atoms with Crippen molar-refractivity contribution in [1.82, 2.24) is 9.80 Å². The molecule has 2 N–H and O–H groups in total. The highest BCUT2D eigenvalue weighted by molar-refractivity contribution is 14.0. The van der Waals surface area contributed by atoms with Gasteiger partial charge in [0.25, 0.3) is 0 Å². The van der Waals surface area contributed by atoms with E-state index in [4.69, 9.17) is 5.73 Å². The number of piperidine rings is 1. The molecule has 0 radical (unpaired) electrons. The molecule has 1 unspecified atom stereocenters. The highest BCUT2D eigenvalue weighted by Gasteiger charge is 2.34. The lowest BCUT2D eigenvalue weighted by Gasteiger charge is -2.31. The lowest BCUT2D eigenvalue weighted by Crippen LogP contribution is -2.42. The van der Waals surface area contributed by atoms with Gasteiger partial charge in [-0.15, -0.1) is 24.0 Å². The van der Waals surface area contributed by atoms with E-state index in [1.165, 1.54) is 45.2 Å². The molecule has 3 rings (SSSR count). The lowest BCUT2D eigenvalue weighted by molar-refractivity contribution is 0.277. The Morgan fingerprint density at radius 1 is 1.10 bits per heavy atom. The van der Waals surface area contributed by atoms with Gasteiger partial charge in [0.1, 0.15) is 0 Å². The van der Waals surface area contributed by atoms with Gasteiger partial charge in [-0.25, -0.2) is 0 Å². The van der Waals surface area contributed by atoms with Crippen molar-refractivity contribution in [3.05, 3.63) is 0 Å². The average molecular weight is 392 g/mol. The van der Waals surface area contributed by atoms with Gasteiger partial charge in [-0.2, -0.15) is 0 Å². The minimum absolute atomic E-state index is 0. The molecule has 1 saturated carbocycles. The zero-order valence-corrected chi connectivity index (χ0v) is 15.0. The van der Waals surface area contributed by atoms with E-state index in [1.807, 2.05) is 0 Å². The maximum Gasteiger partial charge on any atom is 0.191 e. The van der Waals surface area contributed by atoms with Gasteiger partial charge in [0.2, 0.25) is 0 Å². The van der Waals surface area contributed by atoms with E-state index >= 15 is 0 Å². The Kier molecular flexibility index (Phi) is 5.95. The van der Waals surface area contributed by atoms with Crippen LogP contribution in [0.5, 0.6) is 0 Å². The number of aliphatic imine (C=N–C) groups is 1. The third-order valence-electron chi connectivity index (χ3n) is 5.00. The van der Waals surface area contributed by atoms with Gasteiger partial charge in [-0.1, -0.05) is 6.92 Å². The molecular formula is C15H29IN4. The summed E-state index contributed by atoms with van der Waals surface area (Å²) in [6.45, 7) is 7.98. The second-order valence-corrected chi connectivity index (χ2v) is 6.75. The van der Waals surface area contributed by atoms with Crippen LogP contribution in [0.1, 0.15) is 39.0 Å². The highest BCUT2D eigenvalue weighted by Crippen LogP contribution is 2.31. The molecule has 20 heavy (non-hydrogen) atoms. The first kappa shape index (κ1) is 16.3. The Morgan fingerprint density at radius 3 is 2.45 bits per heavy atom. The summed E-state index contributed by atoms with van der Waals surface area (Å²) in [4.78, 5) is 9.59. The highest BCUT2D eigenvalue weighted by atomic mass is 127. The van der Waals surface area contributed by atoms with Crippen molar-refractivity contribution in [2.45, 2.75) is 45.1 Å². The predicted molar refractivity (Wildman–Crippen MR) is 94.6 cm³/mol. The molecule has 2 heterocycles. The molecule has 1 atom stereocenters. The summed E-state index contributed by atoms with van der Waals surface area (Å²) >= 11 is 0. The van der Waals surface area contributed by atoms with Gasteiger partial charge >= 0.3 is 0 Å². The van der Waals surface area contributed by atoms with E-state index in [0.29, 0.717) is 0 Å². The van der Waals surface area contributed by atoms with Crippen LogP contribution < -0.4 is 5.73 Å². The normalized spacial score (nSPS) is 29.6. The molecule has 1 aliphatic carbocycles.